The quantitative estimate of drug-likeness (QED) is 0.611. The summed E-state index contributed by atoms with van der Waals surface area (Å²) in [5, 5.41) is 0. The van der Waals surface area contributed by atoms with Gasteiger partial charge >= 0.3 is 5.97 Å². The molecule has 0 aliphatic heterocycles. The lowest BCUT2D eigenvalue weighted by Crippen LogP contribution is -2.16. The lowest BCUT2D eigenvalue weighted by molar-refractivity contribution is -0.141. The molecule has 0 atom stereocenters. The molecular formula is C16H12BrFO3. The molecule has 0 N–H and O–H groups in total. The molecule has 0 spiro atoms. The van der Waals surface area contributed by atoms with Crippen molar-refractivity contribution in [2.45, 2.75) is 6.42 Å². The van der Waals surface area contributed by atoms with Gasteiger partial charge in [-0.1, -0.05) is 46.3 Å². The first-order chi connectivity index (χ1) is 10.1. The topological polar surface area (TPSA) is 43.4 Å². The molecule has 0 amide bonds. The van der Waals surface area contributed by atoms with E-state index in [1.165, 1.54) is 12.1 Å². The first-order valence-electron chi connectivity index (χ1n) is 6.24. The van der Waals surface area contributed by atoms with Crippen LogP contribution in [0.3, 0.4) is 0 Å². The molecule has 3 nitrogen and oxygen atoms in total. The van der Waals surface area contributed by atoms with Gasteiger partial charge in [-0.25, -0.2) is 4.39 Å². The maximum absolute atomic E-state index is 13.4. The van der Waals surface area contributed by atoms with Crippen LogP contribution in [-0.4, -0.2) is 18.4 Å². The highest BCUT2D eigenvalue weighted by Gasteiger charge is 2.12. The van der Waals surface area contributed by atoms with E-state index in [0.717, 1.165) is 4.47 Å². The molecule has 0 fully saturated rings. The van der Waals surface area contributed by atoms with Crippen LogP contribution in [0, 0.1) is 5.82 Å². The van der Waals surface area contributed by atoms with Crippen LogP contribution >= 0.6 is 15.9 Å². The van der Waals surface area contributed by atoms with Crippen molar-refractivity contribution in [1.29, 1.82) is 0 Å². The van der Waals surface area contributed by atoms with Crippen molar-refractivity contribution < 1.29 is 18.7 Å². The van der Waals surface area contributed by atoms with Crippen LogP contribution in [0.5, 0.6) is 0 Å². The predicted molar refractivity (Wildman–Crippen MR) is 79.5 cm³/mol. The fraction of sp³-hybridized carbons (Fsp3) is 0.125. The number of halogens is 2. The van der Waals surface area contributed by atoms with E-state index in [0.29, 0.717) is 5.56 Å². The molecule has 0 aliphatic rings. The number of ether oxygens (including phenoxy) is 1. The largest absolute Gasteiger partial charge is 0.457 e. The number of carbonyl (C=O) groups is 2. The van der Waals surface area contributed by atoms with Gasteiger partial charge in [0.25, 0.3) is 0 Å². The molecule has 0 aromatic heterocycles. The van der Waals surface area contributed by atoms with Crippen LogP contribution in [0.15, 0.2) is 53.0 Å². The lowest BCUT2D eigenvalue weighted by Gasteiger charge is -2.05. The van der Waals surface area contributed by atoms with Crippen molar-refractivity contribution >= 4 is 27.7 Å². The summed E-state index contributed by atoms with van der Waals surface area (Å²) in [6.45, 7) is -0.352. The minimum Gasteiger partial charge on any atom is -0.457 e. The van der Waals surface area contributed by atoms with Crippen LogP contribution in [0.25, 0.3) is 0 Å². The minimum atomic E-state index is -0.634. The van der Waals surface area contributed by atoms with Crippen LogP contribution in [0.4, 0.5) is 4.39 Å². The van der Waals surface area contributed by atoms with Gasteiger partial charge in [-0.15, -0.1) is 0 Å². The van der Waals surface area contributed by atoms with Gasteiger partial charge in [-0.3, -0.25) is 9.59 Å². The Balaban J connectivity index is 1.88. The van der Waals surface area contributed by atoms with Gasteiger partial charge in [0.15, 0.2) is 12.4 Å². The first kappa shape index (κ1) is 15.4. The van der Waals surface area contributed by atoms with E-state index in [9.17, 15) is 14.0 Å². The van der Waals surface area contributed by atoms with Gasteiger partial charge in [0.1, 0.15) is 5.82 Å². The second-order valence-electron chi connectivity index (χ2n) is 4.36. The monoisotopic (exact) mass is 350 g/mol. The fourth-order valence-corrected chi connectivity index (χ4v) is 1.98. The van der Waals surface area contributed by atoms with Crippen LogP contribution in [0.1, 0.15) is 15.9 Å². The minimum absolute atomic E-state index is 0.194. The summed E-state index contributed by atoms with van der Waals surface area (Å²) in [4.78, 5) is 23.4. The molecule has 2 rings (SSSR count). The van der Waals surface area contributed by atoms with Gasteiger partial charge < -0.3 is 4.74 Å². The van der Waals surface area contributed by atoms with Crippen molar-refractivity contribution in [1.82, 2.24) is 0 Å². The van der Waals surface area contributed by atoms with Gasteiger partial charge in [-0.2, -0.15) is 0 Å². The number of carbonyl (C=O) groups excluding carboxylic acids is 2. The zero-order valence-corrected chi connectivity index (χ0v) is 12.6. The highest BCUT2D eigenvalue weighted by molar-refractivity contribution is 9.10. The second kappa shape index (κ2) is 7.13. The van der Waals surface area contributed by atoms with Crippen molar-refractivity contribution in [3.63, 3.8) is 0 Å². The third-order valence-corrected chi connectivity index (χ3v) is 3.35. The van der Waals surface area contributed by atoms with E-state index in [4.69, 9.17) is 4.74 Å². The molecule has 2 aromatic carbocycles. The fourth-order valence-electron chi connectivity index (χ4n) is 1.71. The Morgan fingerprint density at radius 3 is 2.38 bits per heavy atom. The maximum atomic E-state index is 13.4. The maximum Gasteiger partial charge on any atom is 0.310 e. The third kappa shape index (κ3) is 4.49. The molecule has 0 unspecified atom stereocenters. The zero-order chi connectivity index (χ0) is 15.2. The summed E-state index contributed by atoms with van der Waals surface area (Å²) < 4.78 is 19.1. The van der Waals surface area contributed by atoms with Gasteiger partial charge in [0.05, 0.1) is 6.42 Å². The highest BCUT2D eigenvalue weighted by Crippen LogP contribution is 2.11. The molecule has 0 heterocycles. The summed E-state index contributed by atoms with van der Waals surface area (Å²) in [5.74, 6) is -1.40. The van der Waals surface area contributed by atoms with E-state index in [1.807, 2.05) is 0 Å². The molecule has 108 valence electrons. The number of hydrogen-bond acceptors (Lipinski definition) is 3. The van der Waals surface area contributed by atoms with Crippen LogP contribution < -0.4 is 0 Å². The second-order valence-corrected chi connectivity index (χ2v) is 5.27. The summed E-state index contributed by atoms with van der Waals surface area (Å²) in [6.07, 6.45) is -0.194. The smallest absolute Gasteiger partial charge is 0.310 e. The molecule has 0 radical (unpaired) electrons. The van der Waals surface area contributed by atoms with E-state index in [1.54, 1.807) is 36.4 Å². The van der Waals surface area contributed by atoms with E-state index >= 15 is 0 Å². The van der Waals surface area contributed by atoms with Gasteiger partial charge in [0, 0.05) is 10.0 Å². The first-order valence-corrected chi connectivity index (χ1v) is 7.03. The summed E-state index contributed by atoms with van der Waals surface area (Å²) in [7, 11) is 0. The van der Waals surface area contributed by atoms with E-state index in [-0.39, 0.29) is 24.4 Å². The van der Waals surface area contributed by atoms with Crippen molar-refractivity contribution in [3.05, 3.63) is 69.9 Å². The summed E-state index contributed by atoms with van der Waals surface area (Å²) >= 11 is 3.27. The zero-order valence-electron chi connectivity index (χ0n) is 11.0. The summed E-state index contributed by atoms with van der Waals surface area (Å²) in [5.41, 5.74) is 0.704. The molecule has 0 bridgehead atoms. The third-order valence-electron chi connectivity index (χ3n) is 2.82. The number of hydrogen-bond donors (Lipinski definition) is 0. The van der Waals surface area contributed by atoms with Crippen molar-refractivity contribution in [2.75, 3.05) is 6.61 Å². The van der Waals surface area contributed by atoms with E-state index < -0.39 is 11.8 Å². The molecule has 2 aromatic rings. The Morgan fingerprint density at radius 2 is 1.71 bits per heavy atom. The van der Waals surface area contributed by atoms with Crippen molar-refractivity contribution in [3.8, 4) is 0 Å². The molecule has 0 saturated carbocycles. The molecular weight excluding hydrogens is 339 g/mol. The SMILES string of the molecule is O=C(Cc1ccccc1F)OCC(=O)c1ccc(Br)cc1. The van der Waals surface area contributed by atoms with E-state index in [2.05, 4.69) is 15.9 Å². The standard InChI is InChI=1S/C16H12BrFO3/c17-13-7-5-11(6-8-13)15(19)10-21-16(20)9-12-3-1-2-4-14(12)18/h1-8H,9-10H2. The molecule has 0 saturated heterocycles. The number of ketones is 1. The Hall–Kier alpha value is -2.01. The Kier molecular flexibility index (Phi) is 5.22. The average molecular weight is 351 g/mol. The van der Waals surface area contributed by atoms with Crippen LogP contribution in [-0.2, 0) is 16.0 Å². The molecule has 21 heavy (non-hydrogen) atoms. The Morgan fingerprint density at radius 1 is 1.05 bits per heavy atom. The predicted octanol–water partition coefficient (Wildman–Crippen LogP) is 3.56. The van der Waals surface area contributed by atoms with Crippen molar-refractivity contribution in [2.24, 2.45) is 0 Å². The molecule has 0 aliphatic carbocycles. The molecule has 5 heteroatoms. The average Bonchev–Trinajstić information content (AvgIpc) is 2.48. The van der Waals surface area contributed by atoms with Crippen LogP contribution in [0.2, 0.25) is 0 Å². The number of esters is 1. The lowest BCUT2D eigenvalue weighted by atomic mass is 10.1. The van der Waals surface area contributed by atoms with Gasteiger partial charge in [0.2, 0.25) is 0 Å². The van der Waals surface area contributed by atoms with Gasteiger partial charge in [-0.05, 0) is 23.8 Å². The number of benzene rings is 2. The number of Topliss-reactive ketones (excluding diaryl/α,β-unsaturated/α-hetero) is 1. The normalized spacial score (nSPS) is 10.2. The number of rotatable bonds is 5. The highest BCUT2D eigenvalue weighted by atomic mass is 79.9. The Labute approximate surface area is 129 Å². The summed E-state index contributed by atoms with van der Waals surface area (Å²) in [6, 6.07) is 12.7. The Bertz CT molecular complexity index is 653.